The quantitative estimate of drug-likeness (QED) is 0.750. The number of fused-ring (bicyclic) bond motifs is 1. The van der Waals surface area contributed by atoms with Crippen LogP contribution in [-0.4, -0.2) is 23.0 Å². The summed E-state index contributed by atoms with van der Waals surface area (Å²) in [5.74, 6) is -1.17. The number of anilines is 1. The van der Waals surface area contributed by atoms with Gasteiger partial charge in [-0.25, -0.2) is 4.79 Å². The number of halogens is 2. The highest BCUT2D eigenvalue weighted by Crippen LogP contribution is 2.39. The van der Waals surface area contributed by atoms with Crippen molar-refractivity contribution in [2.75, 3.05) is 5.32 Å². The molecule has 1 aromatic heterocycles. The molecule has 0 saturated carbocycles. The summed E-state index contributed by atoms with van der Waals surface area (Å²) < 4.78 is 0. The van der Waals surface area contributed by atoms with E-state index in [4.69, 9.17) is 23.2 Å². The molecule has 8 heteroatoms. The van der Waals surface area contributed by atoms with Crippen LogP contribution in [0.3, 0.4) is 0 Å². The van der Waals surface area contributed by atoms with Gasteiger partial charge in [-0.2, -0.15) is 0 Å². The fourth-order valence-corrected chi connectivity index (χ4v) is 4.10. The van der Waals surface area contributed by atoms with Gasteiger partial charge < -0.3 is 15.7 Å². The van der Waals surface area contributed by atoms with Crippen LogP contribution in [0.15, 0.2) is 29.6 Å². The minimum absolute atomic E-state index is 0.176. The first-order valence-corrected chi connectivity index (χ1v) is 8.87. The van der Waals surface area contributed by atoms with E-state index in [1.807, 2.05) is 17.5 Å². The van der Waals surface area contributed by atoms with E-state index in [1.54, 1.807) is 12.1 Å². The van der Waals surface area contributed by atoms with Crippen molar-refractivity contribution in [2.24, 2.45) is 0 Å². The summed E-state index contributed by atoms with van der Waals surface area (Å²) in [5.41, 5.74) is 1.20. The number of carbonyl (C=O) groups excluding carboxylic acids is 1. The minimum atomic E-state index is -0.991. The first-order chi connectivity index (χ1) is 11.4. The van der Waals surface area contributed by atoms with E-state index in [-0.39, 0.29) is 18.7 Å². The molecule has 2 atom stereocenters. The highest BCUT2D eigenvalue weighted by Gasteiger charge is 2.33. The number of hydrogen-bond acceptors (Lipinski definition) is 4. The van der Waals surface area contributed by atoms with E-state index in [0.717, 1.165) is 4.88 Å². The number of amides is 1. The van der Waals surface area contributed by atoms with Crippen LogP contribution in [0.1, 0.15) is 22.9 Å². The summed E-state index contributed by atoms with van der Waals surface area (Å²) in [7, 11) is 0. The number of carbonyl (C=O) groups is 2. The maximum atomic E-state index is 12.3. The Morgan fingerprint density at radius 2 is 2.17 bits per heavy atom. The highest BCUT2D eigenvalue weighted by molar-refractivity contribution is 7.10. The average Bonchev–Trinajstić information content (AvgIpc) is 2.98. The summed E-state index contributed by atoms with van der Waals surface area (Å²) in [5, 5.41) is 17.8. The van der Waals surface area contributed by atoms with E-state index < -0.39 is 18.1 Å². The zero-order chi connectivity index (χ0) is 17.3. The standard InChI is InChI=1S/C16H14Cl2N2O3S/c17-8-4-10(18)15-11(5-8)19-13(16(22)23)7-12(15)20-14(21)6-9-2-1-3-24-9/h1-5,12-13,19H,6-7H2,(H,20,21)(H,22,23)/t12-,13+/m0/s1. The Kier molecular flexibility index (Phi) is 4.99. The van der Waals surface area contributed by atoms with Gasteiger partial charge in [-0.1, -0.05) is 29.3 Å². The van der Waals surface area contributed by atoms with Gasteiger partial charge in [-0.15, -0.1) is 11.3 Å². The minimum Gasteiger partial charge on any atom is -0.480 e. The van der Waals surface area contributed by atoms with Gasteiger partial charge in [0.1, 0.15) is 6.04 Å². The van der Waals surface area contributed by atoms with E-state index in [1.165, 1.54) is 11.3 Å². The topological polar surface area (TPSA) is 78.4 Å². The summed E-state index contributed by atoms with van der Waals surface area (Å²) >= 11 is 13.8. The smallest absolute Gasteiger partial charge is 0.326 e. The van der Waals surface area contributed by atoms with Crippen molar-refractivity contribution >= 4 is 52.1 Å². The molecule has 0 bridgehead atoms. The summed E-state index contributed by atoms with van der Waals surface area (Å²) in [4.78, 5) is 24.6. The second-order valence-corrected chi connectivity index (χ2v) is 7.37. The monoisotopic (exact) mass is 384 g/mol. The van der Waals surface area contributed by atoms with E-state index in [2.05, 4.69) is 10.6 Å². The number of benzene rings is 1. The molecule has 126 valence electrons. The van der Waals surface area contributed by atoms with Gasteiger partial charge in [0.15, 0.2) is 0 Å². The summed E-state index contributed by atoms with van der Waals surface area (Å²) in [6.45, 7) is 0. The third-order valence-electron chi connectivity index (χ3n) is 3.79. The van der Waals surface area contributed by atoms with Gasteiger partial charge in [0.25, 0.3) is 0 Å². The van der Waals surface area contributed by atoms with E-state index >= 15 is 0 Å². The number of aliphatic carboxylic acids is 1. The molecule has 2 aromatic rings. The number of rotatable bonds is 4. The Morgan fingerprint density at radius 1 is 1.38 bits per heavy atom. The van der Waals surface area contributed by atoms with Crippen LogP contribution in [0.4, 0.5) is 5.69 Å². The molecular weight excluding hydrogens is 371 g/mol. The first kappa shape index (κ1) is 17.1. The van der Waals surface area contributed by atoms with Gasteiger partial charge in [0.05, 0.1) is 12.5 Å². The fraction of sp³-hybridized carbons (Fsp3) is 0.250. The highest BCUT2D eigenvalue weighted by atomic mass is 35.5. The SMILES string of the molecule is O=C(Cc1cccs1)N[C@H]1C[C@H](C(=O)O)Nc2cc(Cl)cc(Cl)c21. The second kappa shape index (κ2) is 7.01. The van der Waals surface area contributed by atoms with Crippen molar-refractivity contribution in [3.63, 3.8) is 0 Å². The number of thiophene rings is 1. The third-order valence-corrected chi connectivity index (χ3v) is 5.20. The number of hydrogen-bond donors (Lipinski definition) is 3. The molecule has 3 N–H and O–H groups in total. The van der Waals surface area contributed by atoms with Crippen LogP contribution in [0.25, 0.3) is 0 Å². The summed E-state index contributed by atoms with van der Waals surface area (Å²) in [6.07, 6.45) is 0.458. The fourth-order valence-electron chi connectivity index (χ4n) is 2.77. The van der Waals surface area contributed by atoms with Crippen molar-refractivity contribution in [3.8, 4) is 0 Å². The zero-order valence-corrected chi connectivity index (χ0v) is 14.7. The number of carboxylic acids is 1. The molecule has 1 amide bonds. The normalized spacial score (nSPS) is 19.2. The van der Waals surface area contributed by atoms with Crippen molar-refractivity contribution in [1.82, 2.24) is 5.32 Å². The molecule has 0 unspecified atom stereocenters. The maximum Gasteiger partial charge on any atom is 0.326 e. The predicted octanol–water partition coefficient (Wildman–Crippen LogP) is 3.72. The van der Waals surface area contributed by atoms with Crippen LogP contribution in [-0.2, 0) is 16.0 Å². The lowest BCUT2D eigenvalue weighted by Crippen LogP contribution is -2.41. The van der Waals surface area contributed by atoms with Crippen molar-refractivity contribution in [1.29, 1.82) is 0 Å². The molecule has 1 aliphatic rings. The maximum absolute atomic E-state index is 12.3. The van der Waals surface area contributed by atoms with Crippen LogP contribution in [0.2, 0.25) is 10.0 Å². The molecule has 3 rings (SSSR count). The van der Waals surface area contributed by atoms with Crippen LogP contribution in [0.5, 0.6) is 0 Å². The predicted molar refractivity (Wildman–Crippen MR) is 95.0 cm³/mol. The zero-order valence-electron chi connectivity index (χ0n) is 12.4. The van der Waals surface area contributed by atoms with E-state index in [0.29, 0.717) is 21.3 Å². The lowest BCUT2D eigenvalue weighted by atomic mass is 9.92. The Hall–Kier alpha value is -1.76. The molecule has 5 nitrogen and oxygen atoms in total. The molecule has 0 fully saturated rings. The molecule has 2 heterocycles. The van der Waals surface area contributed by atoms with Crippen LogP contribution < -0.4 is 10.6 Å². The van der Waals surface area contributed by atoms with Crippen molar-refractivity contribution < 1.29 is 14.7 Å². The van der Waals surface area contributed by atoms with Crippen LogP contribution >= 0.6 is 34.5 Å². The average molecular weight is 385 g/mol. The number of nitrogens with one attached hydrogen (secondary N) is 2. The second-order valence-electron chi connectivity index (χ2n) is 5.50. The Labute approximate surface area is 152 Å². The van der Waals surface area contributed by atoms with Gasteiger partial charge in [-0.05, 0) is 23.6 Å². The Morgan fingerprint density at radius 3 is 2.83 bits per heavy atom. The van der Waals surface area contributed by atoms with Crippen LogP contribution in [0, 0.1) is 0 Å². The first-order valence-electron chi connectivity index (χ1n) is 7.24. The molecule has 0 spiro atoms. The lowest BCUT2D eigenvalue weighted by molar-refractivity contribution is -0.138. The van der Waals surface area contributed by atoms with Gasteiger partial charge in [0, 0.05) is 32.6 Å². The van der Waals surface area contributed by atoms with Gasteiger partial charge >= 0.3 is 5.97 Å². The Balaban J connectivity index is 1.86. The van der Waals surface area contributed by atoms with Gasteiger partial charge in [0.2, 0.25) is 5.91 Å². The van der Waals surface area contributed by atoms with Crippen molar-refractivity contribution in [3.05, 3.63) is 50.1 Å². The molecule has 1 aliphatic heterocycles. The lowest BCUT2D eigenvalue weighted by Gasteiger charge is -2.32. The number of carboxylic acid groups (broad SMARTS) is 1. The van der Waals surface area contributed by atoms with Crippen molar-refractivity contribution in [2.45, 2.75) is 24.9 Å². The molecular formula is C16H14Cl2N2O3S. The third kappa shape index (κ3) is 3.66. The molecule has 0 aliphatic carbocycles. The van der Waals surface area contributed by atoms with E-state index in [9.17, 15) is 14.7 Å². The summed E-state index contributed by atoms with van der Waals surface area (Å²) in [6, 6.07) is 5.66. The largest absolute Gasteiger partial charge is 0.480 e. The molecule has 0 saturated heterocycles. The molecule has 1 aromatic carbocycles. The molecule has 0 radical (unpaired) electrons. The Bertz CT molecular complexity index is 780. The van der Waals surface area contributed by atoms with Gasteiger partial charge in [-0.3, -0.25) is 4.79 Å². The molecule has 24 heavy (non-hydrogen) atoms.